The Morgan fingerprint density at radius 2 is 1.81 bits per heavy atom. The Morgan fingerprint density at radius 1 is 1.19 bits per heavy atom. The predicted octanol–water partition coefficient (Wildman–Crippen LogP) is 3.59. The fourth-order valence-electron chi connectivity index (χ4n) is 4.00. The third-order valence-corrected chi connectivity index (χ3v) is 5.37. The van der Waals surface area contributed by atoms with Crippen molar-refractivity contribution in [3.8, 4) is 0 Å². The molecule has 0 radical (unpaired) electrons. The first-order valence-corrected chi connectivity index (χ1v) is 8.12. The molecule has 2 saturated heterocycles. The van der Waals surface area contributed by atoms with Crippen LogP contribution in [0.5, 0.6) is 0 Å². The Morgan fingerprint density at radius 3 is 2.43 bits per heavy atom. The summed E-state index contributed by atoms with van der Waals surface area (Å²) in [7, 11) is 2.22. The monoisotopic (exact) mass is 289 g/mol. The van der Waals surface area contributed by atoms with E-state index in [2.05, 4.69) is 11.9 Å². The van der Waals surface area contributed by atoms with E-state index in [-0.39, 0.29) is 11.7 Å². The fourth-order valence-corrected chi connectivity index (χ4v) is 4.00. The minimum Gasteiger partial charge on any atom is -0.300 e. The molecular formula is C18H24FNO. The number of aryl methyl sites for hydroxylation is 1. The maximum Gasteiger partial charge on any atom is 0.136 e. The van der Waals surface area contributed by atoms with Crippen molar-refractivity contribution >= 4 is 5.78 Å². The van der Waals surface area contributed by atoms with Crippen LogP contribution in [-0.2, 0) is 11.2 Å². The van der Waals surface area contributed by atoms with Gasteiger partial charge in [0.05, 0.1) is 0 Å². The number of ketones is 1. The molecule has 0 N–H and O–H groups in total. The SMILES string of the molecule is CN1C2CCCC1CC(C(=O)CCc1ccc(F)cc1)C2. The lowest BCUT2D eigenvalue weighted by Gasteiger charge is -2.46. The van der Waals surface area contributed by atoms with E-state index >= 15 is 0 Å². The first-order valence-electron chi connectivity index (χ1n) is 8.12. The quantitative estimate of drug-likeness (QED) is 0.844. The van der Waals surface area contributed by atoms with Crippen LogP contribution in [0.1, 0.15) is 44.1 Å². The Kier molecular flexibility index (Phi) is 4.39. The lowest BCUT2D eigenvalue weighted by atomic mass is 9.76. The van der Waals surface area contributed by atoms with Crippen LogP contribution >= 0.6 is 0 Å². The minimum atomic E-state index is -0.215. The third-order valence-electron chi connectivity index (χ3n) is 5.37. The fraction of sp³-hybridized carbons (Fsp3) is 0.611. The van der Waals surface area contributed by atoms with Crippen LogP contribution in [-0.4, -0.2) is 29.8 Å². The molecule has 2 fully saturated rings. The molecule has 0 spiro atoms. The van der Waals surface area contributed by atoms with Gasteiger partial charge in [-0.1, -0.05) is 18.6 Å². The van der Waals surface area contributed by atoms with Gasteiger partial charge in [-0.3, -0.25) is 4.79 Å². The summed E-state index contributed by atoms with van der Waals surface area (Å²) in [5, 5.41) is 0. The van der Waals surface area contributed by atoms with Gasteiger partial charge >= 0.3 is 0 Å². The zero-order valence-corrected chi connectivity index (χ0v) is 12.7. The van der Waals surface area contributed by atoms with Crippen molar-refractivity contribution in [2.24, 2.45) is 5.92 Å². The highest BCUT2D eigenvalue weighted by Crippen LogP contribution is 2.36. The van der Waals surface area contributed by atoms with Crippen LogP contribution in [0, 0.1) is 11.7 Å². The van der Waals surface area contributed by atoms with Crippen molar-refractivity contribution < 1.29 is 9.18 Å². The lowest BCUT2D eigenvalue weighted by molar-refractivity contribution is -0.126. The summed E-state index contributed by atoms with van der Waals surface area (Å²) in [6.07, 6.45) is 7.21. The number of piperidine rings is 2. The van der Waals surface area contributed by atoms with E-state index in [1.54, 1.807) is 12.1 Å². The second-order valence-corrected chi connectivity index (χ2v) is 6.67. The van der Waals surface area contributed by atoms with Gasteiger partial charge in [0, 0.05) is 24.4 Å². The van der Waals surface area contributed by atoms with Crippen molar-refractivity contribution in [2.45, 2.75) is 57.0 Å². The number of Topliss-reactive ketones (excluding diaryl/α,β-unsaturated/α-hetero) is 1. The van der Waals surface area contributed by atoms with Gasteiger partial charge < -0.3 is 4.90 Å². The lowest BCUT2D eigenvalue weighted by Crippen LogP contribution is -2.51. The van der Waals surface area contributed by atoms with Gasteiger partial charge in [0.15, 0.2) is 0 Å². The molecule has 1 aromatic rings. The summed E-state index contributed by atoms with van der Waals surface area (Å²) >= 11 is 0. The topological polar surface area (TPSA) is 20.3 Å². The average molecular weight is 289 g/mol. The molecular weight excluding hydrogens is 265 g/mol. The van der Waals surface area contributed by atoms with Crippen LogP contribution in [0.2, 0.25) is 0 Å². The largest absolute Gasteiger partial charge is 0.300 e. The van der Waals surface area contributed by atoms with E-state index in [0.717, 1.165) is 24.8 Å². The molecule has 2 unspecified atom stereocenters. The molecule has 2 aliphatic rings. The molecule has 1 aromatic carbocycles. The number of benzene rings is 1. The molecule has 0 amide bonds. The molecule has 0 aliphatic carbocycles. The number of fused-ring (bicyclic) bond motifs is 2. The number of rotatable bonds is 4. The van der Waals surface area contributed by atoms with Crippen molar-refractivity contribution in [3.63, 3.8) is 0 Å². The molecule has 21 heavy (non-hydrogen) atoms. The van der Waals surface area contributed by atoms with Gasteiger partial charge in [-0.15, -0.1) is 0 Å². The predicted molar refractivity (Wildman–Crippen MR) is 81.6 cm³/mol. The highest BCUT2D eigenvalue weighted by molar-refractivity contribution is 5.81. The van der Waals surface area contributed by atoms with Crippen LogP contribution in [0.4, 0.5) is 4.39 Å². The molecule has 114 valence electrons. The second kappa shape index (κ2) is 6.27. The number of halogens is 1. The zero-order valence-electron chi connectivity index (χ0n) is 12.7. The third kappa shape index (κ3) is 3.34. The number of hydrogen-bond acceptors (Lipinski definition) is 2. The molecule has 0 saturated carbocycles. The van der Waals surface area contributed by atoms with E-state index in [0.29, 0.717) is 24.3 Å². The van der Waals surface area contributed by atoms with E-state index in [9.17, 15) is 9.18 Å². The number of nitrogens with zero attached hydrogens (tertiary/aromatic N) is 1. The molecule has 2 heterocycles. The molecule has 2 nitrogen and oxygen atoms in total. The van der Waals surface area contributed by atoms with Gasteiger partial charge in [0.25, 0.3) is 0 Å². The Labute approximate surface area is 126 Å². The number of hydrogen-bond donors (Lipinski definition) is 0. The van der Waals surface area contributed by atoms with Crippen LogP contribution in [0.25, 0.3) is 0 Å². The first-order chi connectivity index (χ1) is 10.1. The van der Waals surface area contributed by atoms with Gasteiger partial charge in [0.1, 0.15) is 11.6 Å². The molecule has 0 aromatic heterocycles. The van der Waals surface area contributed by atoms with Crippen LogP contribution < -0.4 is 0 Å². The smallest absolute Gasteiger partial charge is 0.136 e. The Balaban J connectivity index is 1.55. The summed E-state index contributed by atoms with van der Waals surface area (Å²) in [4.78, 5) is 15.0. The van der Waals surface area contributed by atoms with Gasteiger partial charge in [0.2, 0.25) is 0 Å². The maximum atomic E-state index is 12.9. The van der Waals surface area contributed by atoms with E-state index in [4.69, 9.17) is 0 Å². The van der Waals surface area contributed by atoms with Crippen molar-refractivity contribution in [1.29, 1.82) is 0 Å². The number of carbonyl (C=O) groups is 1. The second-order valence-electron chi connectivity index (χ2n) is 6.67. The number of carbonyl (C=O) groups excluding carboxylic acids is 1. The summed E-state index contributed by atoms with van der Waals surface area (Å²) in [6, 6.07) is 7.73. The molecule has 3 rings (SSSR count). The van der Waals surface area contributed by atoms with Gasteiger partial charge in [-0.05, 0) is 56.8 Å². The Bertz CT molecular complexity index is 484. The van der Waals surface area contributed by atoms with Gasteiger partial charge in [-0.25, -0.2) is 4.39 Å². The summed E-state index contributed by atoms with van der Waals surface area (Å²) in [6.45, 7) is 0. The molecule has 3 heteroatoms. The summed E-state index contributed by atoms with van der Waals surface area (Å²) in [5.41, 5.74) is 1.05. The Hall–Kier alpha value is -1.22. The summed E-state index contributed by atoms with van der Waals surface area (Å²) < 4.78 is 12.9. The van der Waals surface area contributed by atoms with Crippen molar-refractivity contribution in [2.75, 3.05) is 7.05 Å². The van der Waals surface area contributed by atoms with Crippen LogP contribution in [0.15, 0.2) is 24.3 Å². The van der Waals surface area contributed by atoms with Gasteiger partial charge in [-0.2, -0.15) is 0 Å². The standard InChI is InChI=1S/C18H24FNO/c1-20-16-3-2-4-17(20)12-14(11-16)18(21)10-7-13-5-8-15(19)9-6-13/h5-6,8-9,14,16-17H,2-4,7,10-12H2,1H3. The summed E-state index contributed by atoms with van der Waals surface area (Å²) in [5.74, 6) is 0.439. The first kappa shape index (κ1) is 14.7. The van der Waals surface area contributed by atoms with E-state index in [1.165, 1.54) is 31.4 Å². The van der Waals surface area contributed by atoms with Crippen molar-refractivity contribution in [1.82, 2.24) is 4.90 Å². The maximum absolute atomic E-state index is 12.9. The molecule has 2 bridgehead atoms. The van der Waals surface area contributed by atoms with E-state index < -0.39 is 0 Å². The van der Waals surface area contributed by atoms with Crippen LogP contribution in [0.3, 0.4) is 0 Å². The minimum absolute atomic E-state index is 0.215. The normalized spacial score (nSPS) is 29.3. The molecule has 2 aliphatic heterocycles. The highest BCUT2D eigenvalue weighted by Gasteiger charge is 2.38. The average Bonchev–Trinajstić information content (AvgIpc) is 2.46. The molecule has 2 atom stereocenters. The van der Waals surface area contributed by atoms with E-state index in [1.807, 2.05) is 0 Å². The highest BCUT2D eigenvalue weighted by atomic mass is 19.1. The zero-order chi connectivity index (χ0) is 14.8. The van der Waals surface area contributed by atoms with Crippen molar-refractivity contribution in [3.05, 3.63) is 35.6 Å².